The average Bonchev–Trinajstić information content (AvgIpc) is 2.80. The molecule has 0 radical (unpaired) electrons. The van der Waals surface area contributed by atoms with Crippen molar-refractivity contribution in [2.45, 2.75) is 58.2 Å². The topological polar surface area (TPSA) is 49.4 Å². The monoisotopic (exact) mass is 384 g/mol. The molecular weight excluding hydrogens is 357 g/mol. The molecule has 1 aliphatic rings. The maximum Gasteiger partial charge on any atom is 0.471 e. The number of hydrogen-bond donors (Lipinski definition) is 1. The zero-order valence-electron chi connectivity index (χ0n) is 16.1. The molecule has 0 spiro atoms. The SMILES string of the molecule is CC(C)(C)N(CCCC(=O)c1ccc2c(c1)CCNCC2)C(=O)C(F)(F)F. The van der Waals surface area contributed by atoms with Crippen LogP contribution in [0.1, 0.15) is 55.1 Å². The van der Waals surface area contributed by atoms with Gasteiger partial charge < -0.3 is 10.2 Å². The summed E-state index contributed by atoms with van der Waals surface area (Å²) < 4.78 is 38.4. The molecule has 0 aliphatic carbocycles. The zero-order chi connectivity index (χ0) is 20.2. The zero-order valence-corrected chi connectivity index (χ0v) is 16.1. The second kappa shape index (κ2) is 8.42. The van der Waals surface area contributed by atoms with E-state index in [1.54, 1.807) is 26.8 Å². The van der Waals surface area contributed by atoms with Gasteiger partial charge in [0.2, 0.25) is 0 Å². The molecule has 1 aliphatic heterocycles. The van der Waals surface area contributed by atoms with Crippen LogP contribution in [0.15, 0.2) is 18.2 Å². The number of carbonyl (C=O) groups is 2. The van der Waals surface area contributed by atoms with E-state index in [1.807, 2.05) is 12.1 Å². The van der Waals surface area contributed by atoms with Crippen molar-refractivity contribution in [3.05, 3.63) is 34.9 Å². The van der Waals surface area contributed by atoms with Gasteiger partial charge in [-0.2, -0.15) is 13.2 Å². The molecule has 0 unspecified atom stereocenters. The molecule has 1 N–H and O–H groups in total. The van der Waals surface area contributed by atoms with Gasteiger partial charge in [-0.05, 0) is 70.3 Å². The second-order valence-corrected chi connectivity index (χ2v) is 7.89. The van der Waals surface area contributed by atoms with E-state index in [4.69, 9.17) is 0 Å². The number of halogens is 3. The van der Waals surface area contributed by atoms with E-state index in [2.05, 4.69) is 5.32 Å². The Balaban J connectivity index is 2.00. The molecule has 2 rings (SSSR count). The van der Waals surface area contributed by atoms with Crippen molar-refractivity contribution in [2.24, 2.45) is 0 Å². The lowest BCUT2D eigenvalue weighted by Crippen LogP contribution is -2.51. The van der Waals surface area contributed by atoms with Gasteiger partial charge in [-0.25, -0.2) is 0 Å². The van der Waals surface area contributed by atoms with E-state index >= 15 is 0 Å². The van der Waals surface area contributed by atoms with E-state index in [-0.39, 0.29) is 25.2 Å². The molecule has 27 heavy (non-hydrogen) atoms. The molecule has 1 aromatic rings. The first kappa shape index (κ1) is 21.4. The largest absolute Gasteiger partial charge is 0.471 e. The minimum atomic E-state index is -4.91. The Bertz CT molecular complexity index is 693. The van der Waals surface area contributed by atoms with Gasteiger partial charge in [0.1, 0.15) is 0 Å². The van der Waals surface area contributed by atoms with Gasteiger partial charge in [0.15, 0.2) is 5.78 Å². The summed E-state index contributed by atoms with van der Waals surface area (Å²) in [6, 6.07) is 5.64. The van der Waals surface area contributed by atoms with E-state index in [1.165, 1.54) is 5.56 Å². The van der Waals surface area contributed by atoms with Crippen molar-refractivity contribution in [1.82, 2.24) is 10.2 Å². The Kier molecular flexibility index (Phi) is 6.68. The molecule has 1 amide bonds. The minimum absolute atomic E-state index is 0.106. The van der Waals surface area contributed by atoms with Crippen LogP contribution in [0.4, 0.5) is 13.2 Å². The van der Waals surface area contributed by atoms with Crippen LogP contribution >= 0.6 is 0 Å². The summed E-state index contributed by atoms with van der Waals surface area (Å²) in [5.41, 5.74) is 1.99. The maximum atomic E-state index is 12.8. The molecule has 0 aromatic heterocycles. The van der Waals surface area contributed by atoms with Gasteiger partial charge in [-0.3, -0.25) is 9.59 Å². The van der Waals surface area contributed by atoms with Gasteiger partial charge in [0, 0.05) is 24.1 Å². The number of nitrogens with one attached hydrogen (secondary N) is 1. The molecule has 4 nitrogen and oxygen atoms in total. The van der Waals surface area contributed by atoms with Gasteiger partial charge >= 0.3 is 12.1 Å². The molecular formula is C20H27F3N2O2. The first-order chi connectivity index (χ1) is 12.5. The summed E-state index contributed by atoms with van der Waals surface area (Å²) in [5.74, 6) is -1.97. The summed E-state index contributed by atoms with van der Waals surface area (Å²) in [5, 5.41) is 3.31. The van der Waals surface area contributed by atoms with Gasteiger partial charge in [0.05, 0.1) is 0 Å². The van der Waals surface area contributed by atoms with Crippen LogP contribution < -0.4 is 5.32 Å². The highest BCUT2D eigenvalue weighted by molar-refractivity contribution is 5.96. The van der Waals surface area contributed by atoms with Crippen molar-refractivity contribution in [2.75, 3.05) is 19.6 Å². The molecule has 150 valence electrons. The Morgan fingerprint density at radius 1 is 1.07 bits per heavy atom. The lowest BCUT2D eigenvalue weighted by Gasteiger charge is -2.36. The molecule has 0 fully saturated rings. The molecule has 7 heteroatoms. The van der Waals surface area contributed by atoms with Gasteiger partial charge in [-0.1, -0.05) is 12.1 Å². The van der Waals surface area contributed by atoms with Crippen molar-refractivity contribution >= 4 is 11.7 Å². The highest BCUT2D eigenvalue weighted by Gasteiger charge is 2.45. The van der Waals surface area contributed by atoms with Crippen molar-refractivity contribution in [3.8, 4) is 0 Å². The Morgan fingerprint density at radius 3 is 2.30 bits per heavy atom. The number of fused-ring (bicyclic) bond motifs is 1. The highest BCUT2D eigenvalue weighted by atomic mass is 19.4. The van der Waals surface area contributed by atoms with Crippen LogP contribution in [0, 0.1) is 0 Å². The van der Waals surface area contributed by atoms with Crippen LogP contribution in [0.5, 0.6) is 0 Å². The van der Waals surface area contributed by atoms with Crippen LogP contribution in [-0.4, -0.2) is 47.9 Å². The Hall–Kier alpha value is -1.89. The lowest BCUT2D eigenvalue weighted by molar-refractivity contribution is -0.190. The molecule has 0 saturated carbocycles. The third-order valence-corrected chi connectivity index (χ3v) is 4.75. The smallest absolute Gasteiger partial charge is 0.330 e. The normalized spacial score (nSPS) is 15.0. The van der Waals surface area contributed by atoms with Crippen LogP contribution in [-0.2, 0) is 17.6 Å². The molecule has 0 saturated heterocycles. The predicted octanol–water partition coefficient (Wildman–Crippen LogP) is 3.53. The van der Waals surface area contributed by atoms with E-state index in [0.717, 1.165) is 36.4 Å². The number of ketones is 1. The number of carbonyl (C=O) groups excluding carboxylic acids is 2. The summed E-state index contributed by atoms with van der Waals surface area (Å²) in [6.45, 7) is 6.33. The minimum Gasteiger partial charge on any atom is -0.330 e. The Labute approximate surface area is 158 Å². The highest BCUT2D eigenvalue weighted by Crippen LogP contribution is 2.25. The summed E-state index contributed by atoms with van der Waals surface area (Å²) in [7, 11) is 0. The number of alkyl halides is 3. The van der Waals surface area contributed by atoms with E-state index in [0.29, 0.717) is 5.56 Å². The number of nitrogens with zero attached hydrogens (tertiary/aromatic N) is 1. The molecule has 1 heterocycles. The predicted molar refractivity (Wildman–Crippen MR) is 97.8 cm³/mol. The molecule has 0 bridgehead atoms. The fraction of sp³-hybridized carbons (Fsp3) is 0.600. The number of amides is 1. The summed E-state index contributed by atoms with van der Waals surface area (Å²) in [6.07, 6.45) is -2.84. The van der Waals surface area contributed by atoms with E-state index < -0.39 is 17.6 Å². The molecule has 1 aromatic carbocycles. The fourth-order valence-electron chi connectivity index (χ4n) is 3.28. The average molecular weight is 384 g/mol. The number of rotatable bonds is 5. The molecule has 0 atom stereocenters. The second-order valence-electron chi connectivity index (χ2n) is 7.89. The third-order valence-electron chi connectivity index (χ3n) is 4.75. The first-order valence-electron chi connectivity index (χ1n) is 9.24. The van der Waals surface area contributed by atoms with Crippen molar-refractivity contribution < 1.29 is 22.8 Å². The number of benzene rings is 1. The maximum absolute atomic E-state index is 12.8. The fourth-order valence-corrected chi connectivity index (χ4v) is 3.28. The summed E-state index contributed by atoms with van der Waals surface area (Å²) >= 11 is 0. The lowest BCUT2D eigenvalue weighted by atomic mass is 9.97. The van der Waals surface area contributed by atoms with Crippen LogP contribution in [0.3, 0.4) is 0 Å². The number of hydrogen-bond acceptors (Lipinski definition) is 3. The van der Waals surface area contributed by atoms with Gasteiger partial charge in [-0.15, -0.1) is 0 Å². The van der Waals surface area contributed by atoms with Gasteiger partial charge in [0.25, 0.3) is 0 Å². The third kappa shape index (κ3) is 5.79. The standard InChI is InChI=1S/C20H27F3N2O2/c1-19(2,3)25(18(27)20(21,22)23)12-4-5-17(26)16-7-6-14-8-10-24-11-9-15(14)13-16/h6-7,13,24H,4-5,8-12H2,1-3H3. The van der Waals surface area contributed by atoms with Crippen molar-refractivity contribution in [3.63, 3.8) is 0 Å². The quantitative estimate of drug-likeness (QED) is 0.791. The van der Waals surface area contributed by atoms with Crippen LogP contribution in [0.2, 0.25) is 0 Å². The summed E-state index contributed by atoms with van der Waals surface area (Å²) in [4.78, 5) is 24.9. The van der Waals surface area contributed by atoms with E-state index in [9.17, 15) is 22.8 Å². The van der Waals surface area contributed by atoms with Crippen molar-refractivity contribution in [1.29, 1.82) is 0 Å². The Morgan fingerprint density at radius 2 is 1.70 bits per heavy atom. The first-order valence-corrected chi connectivity index (χ1v) is 9.24. The van der Waals surface area contributed by atoms with Crippen LogP contribution in [0.25, 0.3) is 0 Å². The number of Topliss-reactive ketones (excluding diaryl/α,β-unsaturated/α-hetero) is 1.